The summed E-state index contributed by atoms with van der Waals surface area (Å²) in [6.45, 7) is 0. The van der Waals surface area contributed by atoms with Gasteiger partial charge in [-0.1, -0.05) is 49.2 Å². The van der Waals surface area contributed by atoms with Crippen LogP contribution in [0.5, 0.6) is 0 Å². The van der Waals surface area contributed by atoms with Crippen LogP contribution in [0, 0.1) is 0 Å². The summed E-state index contributed by atoms with van der Waals surface area (Å²) in [4.78, 5) is 18.3. The molecule has 1 amide bonds. The molecule has 0 saturated heterocycles. The highest BCUT2D eigenvalue weighted by Crippen LogP contribution is 2.33. The zero-order valence-electron chi connectivity index (χ0n) is 15.1. The molecule has 148 valence electrons. The number of amides is 1. The summed E-state index contributed by atoms with van der Waals surface area (Å²) < 4.78 is 39.9. The normalized spacial score (nSPS) is 16.2. The standard InChI is InChI=1S/C20H20F3N3OS/c21-20(22,23)14-9-7-13(8-10-14)17-12-26-11-16(25-19(26)28-17)18(27)24-15-5-3-1-2-4-6-15/h7-12,15H,1-6H2,(H,24,27). The van der Waals surface area contributed by atoms with Crippen molar-refractivity contribution in [2.75, 3.05) is 0 Å². The Morgan fingerprint density at radius 1 is 1.07 bits per heavy atom. The molecule has 4 rings (SSSR count). The van der Waals surface area contributed by atoms with E-state index in [1.54, 1.807) is 16.8 Å². The predicted molar refractivity (Wildman–Crippen MR) is 102 cm³/mol. The van der Waals surface area contributed by atoms with Crippen molar-refractivity contribution in [3.8, 4) is 10.4 Å². The molecule has 0 radical (unpaired) electrons. The van der Waals surface area contributed by atoms with E-state index in [1.807, 2.05) is 0 Å². The third-order valence-electron chi connectivity index (χ3n) is 5.08. The largest absolute Gasteiger partial charge is 0.416 e. The Morgan fingerprint density at radius 2 is 1.75 bits per heavy atom. The average Bonchev–Trinajstić information content (AvgIpc) is 3.13. The number of rotatable bonds is 3. The SMILES string of the molecule is O=C(NC1CCCCCC1)c1cn2cc(-c3ccc(C(F)(F)F)cc3)sc2n1. The number of halogens is 3. The molecule has 0 spiro atoms. The first-order valence-electron chi connectivity index (χ1n) is 9.37. The Hall–Kier alpha value is -2.35. The number of nitrogens with zero attached hydrogens (tertiary/aromatic N) is 2. The Kier molecular flexibility index (Phi) is 5.14. The minimum Gasteiger partial charge on any atom is -0.348 e. The van der Waals surface area contributed by atoms with Crippen LogP contribution in [0.1, 0.15) is 54.6 Å². The molecule has 3 aromatic rings. The second-order valence-corrected chi connectivity index (χ2v) is 8.16. The summed E-state index contributed by atoms with van der Waals surface area (Å²) in [5.41, 5.74) is 0.387. The maximum absolute atomic E-state index is 12.7. The van der Waals surface area contributed by atoms with Crippen LogP contribution in [0.3, 0.4) is 0 Å². The maximum Gasteiger partial charge on any atom is 0.416 e. The smallest absolute Gasteiger partial charge is 0.348 e. The van der Waals surface area contributed by atoms with E-state index in [2.05, 4.69) is 10.3 Å². The third-order valence-corrected chi connectivity index (χ3v) is 6.12. The van der Waals surface area contributed by atoms with Crippen LogP contribution in [0.2, 0.25) is 0 Å². The summed E-state index contributed by atoms with van der Waals surface area (Å²) >= 11 is 1.34. The van der Waals surface area contributed by atoms with E-state index in [0.717, 1.165) is 42.7 Å². The highest BCUT2D eigenvalue weighted by Gasteiger charge is 2.30. The first-order chi connectivity index (χ1) is 13.4. The summed E-state index contributed by atoms with van der Waals surface area (Å²) in [7, 11) is 0. The van der Waals surface area contributed by atoms with E-state index in [9.17, 15) is 18.0 Å². The number of aromatic nitrogens is 2. The van der Waals surface area contributed by atoms with Crippen LogP contribution in [0.4, 0.5) is 13.2 Å². The lowest BCUT2D eigenvalue weighted by molar-refractivity contribution is -0.137. The minimum atomic E-state index is -4.35. The topological polar surface area (TPSA) is 46.4 Å². The molecule has 8 heteroatoms. The van der Waals surface area contributed by atoms with E-state index in [0.29, 0.717) is 16.2 Å². The van der Waals surface area contributed by atoms with Gasteiger partial charge in [-0.2, -0.15) is 13.2 Å². The predicted octanol–water partition coefficient (Wildman–Crippen LogP) is 5.53. The molecule has 1 aliphatic carbocycles. The number of benzene rings is 1. The summed E-state index contributed by atoms with van der Waals surface area (Å²) in [5, 5.41) is 3.08. The highest BCUT2D eigenvalue weighted by atomic mass is 32.1. The van der Waals surface area contributed by atoms with Gasteiger partial charge in [-0.3, -0.25) is 9.20 Å². The Bertz CT molecular complexity index is 935. The fraction of sp³-hybridized carbons (Fsp3) is 0.400. The number of carbonyl (C=O) groups excluding carboxylic acids is 1. The van der Waals surface area contributed by atoms with Crippen LogP contribution in [-0.4, -0.2) is 21.3 Å². The van der Waals surface area contributed by atoms with Gasteiger partial charge in [0.2, 0.25) is 0 Å². The number of carbonyl (C=O) groups is 1. The number of alkyl halides is 3. The quantitative estimate of drug-likeness (QED) is 0.580. The van der Waals surface area contributed by atoms with Crippen LogP contribution in [0.15, 0.2) is 36.7 Å². The van der Waals surface area contributed by atoms with Gasteiger partial charge in [0.05, 0.1) is 10.4 Å². The van der Waals surface area contributed by atoms with E-state index in [-0.39, 0.29) is 11.9 Å². The van der Waals surface area contributed by atoms with Gasteiger partial charge >= 0.3 is 6.18 Å². The van der Waals surface area contributed by atoms with Gasteiger partial charge in [-0.25, -0.2) is 4.98 Å². The lowest BCUT2D eigenvalue weighted by Gasteiger charge is -2.14. The van der Waals surface area contributed by atoms with Gasteiger partial charge in [0.1, 0.15) is 5.69 Å². The zero-order chi connectivity index (χ0) is 19.7. The number of nitrogens with one attached hydrogen (secondary N) is 1. The molecule has 28 heavy (non-hydrogen) atoms. The first-order valence-corrected chi connectivity index (χ1v) is 10.2. The molecule has 0 unspecified atom stereocenters. The van der Waals surface area contributed by atoms with Crippen LogP contribution >= 0.6 is 11.3 Å². The molecule has 2 aromatic heterocycles. The lowest BCUT2D eigenvalue weighted by atomic mass is 10.1. The van der Waals surface area contributed by atoms with E-state index in [1.165, 1.54) is 36.3 Å². The van der Waals surface area contributed by atoms with Gasteiger partial charge < -0.3 is 5.32 Å². The summed E-state index contributed by atoms with van der Waals surface area (Å²) in [6, 6.07) is 5.26. The summed E-state index contributed by atoms with van der Waals surface area (Å²) in [6.07, 6.45) is 5.85. The molecular weight excluding hydrogens is 387 g/mol. The second-order valence-electron chi connectivity index (χ2n) is 7.15. The number of hydrogen-bond donors (Lipinski definition) is 1. The fourth-order valence-electron chi connectivity index (χ4n) is 3.55. The van der Waals surface area contributed by atoms with Crippen molar-refractivity contribution < 1.29 is 18.0 Å². The molecule has 1 aromatic carbocycles. The van der Waals surface area contributed by atoms with Gasteiger partial charge in [0.15, 0.2) is 4.96 Å². The van der Waals surface area contributed by atoms with Crippen molar-refractivity contribution in [2.45, 2.75) is 50.7 Å². The molecule has 2 heterocycles. The van der Waals surface area contributed by atoms with Gasteiger partial charge in [0.25, 0.3) is 5.91 Å². The summed E-state index contributed by atoms with van der Waals surface area (Å²) in [5.74, 6) is -0.168. The van der Waals surface area contributed by atoms with Crippen molar-refractivity contribution >= 4 is 22.2 Å². The number of hydrogen-bond acceptors (Lipinski definition) is 3. The molecule has 0 bridgehead atoms. The van der Waals surface area contributed by atoms with E-state index < -0.39 is 11.7 Å². The molecular formula is C20H20F3N3OS. The van der Waals surface area contributed by atoms with E-state index >= 15 is 0 Å². The Morgan fingerprint density at radius 3 is 2.36 bits per heavy atom. The van der Waals surface area contributed by atoms with Gasteiger partial charge in [0, 0.05) is 18.4 Å². The molecule has 4 nitrogen and oxygen atoms in total. The van der Waals surface area contributed by atoms with Crippen molar-refractivity contribution in [1.29, 1.82) is 0 Å². The first kappa shape index (κ1) is 19.0. The van der Waals surface area contributed by atoms with Crippen LogP contribution in [0.25, 0.3) is 15.4 Å². The molecule has 1 saturated carbocycles. The number of thiazole rings is 1. The van der Waals surface area contributed by atoms with Crippen molar-refractivity contribution in [3.63, 3.8) is 0 Å². The van der Waals surface area contributed by atoms with E-state index in [4.69, 9.17) is 0 Å². The maximum atomic E-state index is 12.7. The van der Waals surface area contributed by atoms with Gasteiger partial charge in [-0.15, -0.1) is 0 Å². The molecule has 1 fully saturated rings. The molecule has 1 aliphatic rings. The second kappa shape index (κ2) is 7.58. The van der Waals surface area contributed by atoms with Crippen LogP contribution < -0.4 is 5.32 Å². The monoisotopic (exact) mass is 407 g/mol. The fourth-order valence-corrected chi connectivity index (χ4v) is 4.52. The number of imidazole rings is 1. The minimum absolute atomic E-state index is 0.168. The van der Waals surface area contributed by atoms with Crippen molar-refractivity contribution in [3.05, 3.63) is 47.9 Å². The molecule has 0 atom stereocenters. The lowest BCUT2D eigenvalue weighted by Crippen LogP contribution is -2.34. The highest BCUT2D eigenvalue weighted by molar-refractivity contribution is 7.20. The number of fused-ring (bicyclic) bond motifs is 1. The van der Waals surface area contributed by atoms with Crippen molar-refractivity contribution in [2.24, 2.45) is 0 Å². The Balaban J connectivity index is 1.49. The van der Waals surface area contributed by atoms with Crippen molar-refractivity contribution in [1.82, 2.24) is 14.7 Å². The molecule has 0 aliphatic heterocycles. The average molecular weight is 407 g/mol. The Labute approximate surface area is 164 Å². The third kappa shape index (κ3) is 4.06. The van der Waals surface area contributed by atoms with Crippen LogP contribution in [-0.2, 0) is 6.18 Å². The zero-order valence-corrected chi connectivity index (χ0v) is 15.9. The van der Waals surface area contributed by atoms with Gasteiger partial charge in [-0.05, 0) is 30.5 Å². The molecule has 1 N–H and O–H groups in total.